The van der Waals surface area contributed by atoms with E-state index in [0.717, 1.165) is 18.0 Å². The number of aliphatic hydroxyl groups is 2. The molecule has 0 aliphatic carbocycles. The lowest BCUT2D eigenvalue weighted by Crippen LogP contribution is -2.59. The molecular formula is C17H28O2Si. The van der Waals surface area contributed by atoms with Crippen LogP contribution in [0.25, 0.3) is 0 Å². The highest BCUT2D eigenvalue weighted by atomic mass is 28.3. The van der Waals surface area contributed by atoms with E-state index >= 15 is 0 Å². The summed E-state index contributed by atoms with van der Waals surface area (Å²) in [5, 5.41) is 19.4. The third-order valence-electron chi connectivity index (χ3n) is 4.37. The van der Waals surface area contributed by atoms with E-state index in [0.29, 0.717) is 0 Å². The molecule has 1 heterocycles. The highest BCUT2D eigenvalue weighted by Gasteiger charge is 2.50. The Bertz CT molecular complexity index is 451. The highest BCUT2D eigenvalue weighted by Crippen LogP contribution is 2.40. The van der Waals surface area contributed by atoms with Gasteiger partial charge in [0, 0.05) is 0 Å². The first-order chi connectivity index (χ1) is 9.19. The van der Waals surface area contributed by atoms with E-state index in [4.69, 9.17) is 5.11 Å². The van der Waals surface area contributed by atoms with Crippen LogP contribution in [0.2, 0.25) is 19.1 Å². The van der Waals surface area contributed by atoms with Gasteiger partial charge in [-0.05, 0) is 31.8 Å². The average Bonchev–Trinajstić information content (AvgIpc) is 2.33. The Balaban J connectivity index is 2.92. The molecule has 1 rings (SSSR count). The van der Waals surface area contributed by atoms with Crippen molar-refractivity contribution < 1.29 is 10.2 Å². The van der Waals surface area contributed by atoms with Gasteiger partial charge in [-0.3, -0.25) is 0 Å². The van der Waals surface area contributed by atoms with Crippen molar-refractivity contribution >= 4 is 8.07 Å². The number of hydrogen-bond acceptors (Lipinski definition) is 2. The maximum Gasteiger partial charge on any atom is 0.115 e. The summed E-state index contributed by atoms with van der Waals surface area (Å²) >= 11 is 0. The van der Waals surface area contributed by atoms with Crippen molar-refractivity contribution in [3.63, 3.8) is 0 Å². The molecule has 1 saturated heterocycles. The minimum Gasteiger partial charge on any atom is -0.389 e. The van der Waals surface area contributed by atoms with Gasteiger partial charge in [0.05, 0.1) is 6.10 Å². The van der Waals surface area contributed by atoms with Crippen molar-refractivity contribution in [2.45, 2.75) is 64.1 Å². The van der Waals surface area contributed by atoms with Gasteiger partial charge in [-0.25, -0.2) is 0 Å². The van der Waals surface area contributed by atoms with E-state index < -0.39 is 19.4 Å². The van der Waals surface area contributed by atoms with Gasteiger partial charge in [0.15, 0.2) is 0 Å². The summed E-state index contributed by atoms with van der Waals surface area (Å²) < 4.78 is 0. The van der Waals surface area contributed by atoms with Crippen LogP contribution in [0.1, 0.15) is 33.6 Å². The first kappa shape index (κ1) is 17.2. The number of aliphatic hydroxyl groups excluding tert-OH is 1. The fraction of sp³-hybridized carbons (Fsp3) is 0.647. The quantitative estimate of drug-likeness (QED) is 0.466. The summed E-state index contributed by atoms with van der Waals surface area (Å²) in [5.74, 6) is 6.55. The molecule has 0 radical (unpaired) electrons. The third-order valence-corrected chi connectivity index (χ3v) is 8.65. The SMILES string of the molecule is C/C(C#CC1(O)C(C)CCC[Si]1(C)C)=C\C=C\C(C)O. The van der Waals surface area contributed by atoms with Gasteiger partial charge in [-0.15, -0.1) is 0 Å². The first-order valence-electron chi connectivity index (χ1n) is 7.48. The molecule has 112 valence electrons. The Morgan fingerprint density at radius 3 is 2.65 bits per heavy atom. The molecule has 3 unspecified atom stereocenters. The van der Waals surface area contributed by atoms with Gasteiger partial charge in [-0.1, -0.05) is 62.6 Å². The van der Waals surface area contributed by atoms with Crippen LogP contribution in [-0.2, 0) is 0 Å². The van der Waals surface area contributed by atoms with Crippen LogP contribution < -0.4 is 0 Å². The predicted molar refractivity (Wildman–Crippen MR) is 88.0 cm³/mol. The van der Waals surface area contributed by atoms with Crippen LogP contribution in [0.5, 0.6) is 0 Å². The van der Waals surface area contributed by atoms with Crippen molar-refractivity contribution in [3.8, 4) is 11.8 Å². The standard InChI is InChI=1S/C17H28O2Si/c1-14(8-6-10-16(3)18)11-12-17(19)15(2)9-7-13-20(17,4)5/h6,8,10,15-16,18-19H,7,9,13H2,1-5H3/b10-6+,14-8+. The van der Waals surface area contributed by atoms with E-state index in [2.05, 4.69) is 31.9 Å². The van der Waals surface area contributed by atoms with Crippen molar-refractivity contribution in [1.29, 1.82) is 0 Å². The maximum absolute atomic E-state index is 11.0. The van der Waals surface area contributed by atoms with Crippen molar-refractivity contribution in [2.75, 3.05) is 0 Å². The second-order valence-electron chi connectivity index (χ2n) is 6.67. The Kier molecular flexibility index (Phi) is 5.82. The molecule has 0 spiro atoms. The fourth-order valence-electron chi connectivity index (χ4n) is 2.81. The van der Waals surface area contributed by atoms with Crippen molar-refractivity contribution in [1.82, 2.24) is 0 Å². The van der Waals surface area contributed by atoms with E-state index in [1.54, 1.807) is 13.0 Å². The lowest BCUT2D eigenvalue weighted by molar-refractivity contribution is 0.101. The van der Waals surface area contributed by atoms with Crippen LogP contribution in [-0.4, -0.2) is 29.6 Å². The van der Waals surface area contributed by atoms with Gasteiger partial charge in [0.1, 0.15) is 13.3 Å². The van der Waals surface area contributed by atoms with Crippen LogP contribution in [0.3, 0.4) is 0 Å². The van der Waals surface area contributed by atoms with Crippen molar-refractivity contribution in [3.05, 3.63) is 23.8 Å². The largest absolute Gasteiger partial charge is 0.389 e. The molecule has 2 N–H and O–H groups in total. The molecular weight excluding hydrogens is 264 g/mol. The first-order valence-corrected chi connectivity index (χ1v) is 10.7. The van der Waals surface area contributed by atoms with Crippen LogP contribution in [0, 0.1) is 17.8 Å². The molecule has 0 bridgehead atoms. The summed E-state index contributed by atoms with van der Waals surface area (Å²) in [6, 6.07) is 1.15. The fourth-order valence-corrected chi connectivity index (χ4v) is 6.15. The molecule has 1 aliphatic heterocycles. The Labute approximate surface area is 124 Å². The second-order valence-corrected chi connectivity index (χ2v) is 11.7. The molecule has 0 aromatic rings. The lowest BCUT2D eigenvalue weighted by atomic mass is 9.97. The normalized spacial score (nSPS) is 31.8. The maximum atomic E-state index is 11.0. The van der Waals surface area contributed by atoms with Crippen LogP contribution >= 0.6 is 0 Å². The monoisotopic (exact) mass is 292 g/mol. The zero-order valence-corrected chi connectivity index (χ0v) is 14.4. The van der Waals surface area contributed by atoms with Gasteiger partial charge >= 0.3 is 0 Å². The molecule has 0 saturated carbocycles. The van der Waals surface area contributed by atoms with Crippen LogP contribution in [0.15, 0.2) is 23.8 Å². The van der Waals surface area contributed by atoms with Gasteiger partial charge in [-0.2, -0.15) is 0 Å². The van der Waals surface area contributed by atoms with Crippen LogP contribution in [0.4, 0.5) is 0 Å². The summed E-state index contributed by atoms with van der Waals surface area (Å²) in [5.41, 5.74) is 0.915. The zero-order chi connectivity index (χ0) is 15.4. The lowest BCUT2D eigenvalue weighted by Gasteiger charge is -2.45. The summed E-state index contributed by atoms with van der Waals surface area (Å²) in [7, 11) is -1.73. The molecule has 0 aromatic carbocycles. The predicted octanol–water partition coefficient (Wildman–Crippen LogP) is 3.28. The Morgan fingerprint density at radius 1 is 1.45 bits per heavy atom. The molecule has 3 atom stereocenters. The second kappa shape index (κ2) is 6.75. The Morgan fingerprint density at radius 2 is 2.10 bits per heavy atom. The van der Waals surface area contributed by atoms with E-state index in [1.165, 1.54) is 6.42 Å². The highest BCUT2D eigenvalue weighted by molar-refractivity contribution is 6.81. The molecule has 0 amide bonds. The molecule has 20 heavy (non-hydrogen) atoms. The van der Waals surface area contributed by atoms with E-state index in [1.807, 2.05) is 19.1 Å². The molecule has 2 nitrogen and oxygen atoms in total. The topological polar surface area (TPSA) is 40.5 Å². The minimum absolute atomic E-state index is 0.256. The minimum atomic E-state index is -1.73. The third kappa shape index (κ3) is 4.08. The van der Waals surface area contributed by atoms with Gasteiger partial charge in [0.2, 0.25) is 0 Å². The smallest absolute Gasteiger partial charge is 0.115 e. The summed E-state index contributed by atoms with van der Waals surface area (Å²) in [6.45, 7) is 10.2. The number of allylic oxidation sites excluding steroid dienone is 3. The van der Waals surface area contributed by atoms with E-state index in [-0.39, 0.29) is 5.92 Å². The molecule has 1 aliphatic rings. The molecule has 3 heteroatoms. The Hall–Kier alpha value is -0.823. The molecule has 1 fully saturated rings. The zero-order valence-electron chi connectivity index (χ0n) is 13.4. The van der Waals surface area contributed by atoms with Gasteiger partial charge < -0.3 is 10.2 Å². The summed E-state index contributed by atoms with van der Waals surface area (Å²) in [6.07, 6.45) is 7.24. The average molecular weight is 292 g/mol. The summed E-state index contributed by atoms with van der Waals surface area (Å²) in [4.78, 5) is 0. The van der Waals surface area contributed by atoms with E-state index in [9.17, 15) is 5.11 Å². The van der Waals surface area contributed by atoms with Gasteiger partial charge in [0.25, 0.3) is 0 Å². The number of rotatable bonds is 2. The number of hydrogen-bond donors (Lipinski definition) is 2. The van der Waals surface area contributed by atoms with Crippen molar-refractivity contribution in [2.24, 2.45) is 5.92 Å². The molecule has 0 aromatic heterocycles.